The number of carbonyl (C=O) groups is 1. The Balaban J connectivity index is 1.98. The van der Waals surface area contributed by atoms with Gasteiger partial charge in [-0.2, -0.15) is 0 Å². The van der Waals surface area contributed by atoms with Crippen molar-refractivity contribution in [2.45, 2.75) is 6.10 Å². The summed E-state index contributed by atoms with van der Waals surface area (Å²) in [6.45, 7) is 0. The van der Waals surface area contributed by atoms with Gasteiger partial charge < -0.3 is 9.47 Å². The molecule has 1 heterocycles. The number of aldehydes is 1. The van der Waals surface area contributed by atoms with Gasteiger partial charge in [0.2, 0.25) is 0 Å². The second-order valence-corrected chi connectivity index (χ2v) is 5.01. The zero-order chi connectivity index (χ0) is 16.4. The average molecular weight is 311 g/mol. The average Bonchev–Trinajstić information content (AvgIpc) is 2.60. The van der Waals surface area contributed by atoms with E-state index in [1.165, 1.54) is 12.1 Å². The Kier molecular flexibility index (Phi) is 3.80. The van der Waals surface area contributed by atoms with Crippen molar-refractivity contribution in [1.82, 2.24) is 0 Å². The van der Waals surface area contributed by atoms with Crippen molar-refractivity contribution in [2.75, 3.05) is 7.11 Å². The Morgan fingerprint density at radius 3 is 2.57 bits per heavy atom. The minimum Gasteiger partial charge on any atom is -0.497 e. The molecule has 0 saturated heterocycles. The van der Waals surface area contributed by atoms with E-state index in [9.17, 15) is 14.9 Å². The first-order valence-electron chi connectivity index (χ1n) is 6.88. The molecule has 6 heteroatoms. The second-order valence-electron chi connectivity index (χ2n) is 5.01. The lowest BCUT2D eigenvalue weighted by molar-refractivity contribution is -0.384. The Morgan fingerprint density at radius 2 is 1.96 bits per heavy atom. The summed E-state index contributed by atoms with van der Waals surface area (Å²) in [5, 5.41) is 10.7. The number of fused-ring (bicyclic) bond motifs is 1. The smallest absolute Gasteiger partial charge is 0.269 e. The molecule has 0 aromatic heterocycles. The van der Waals surface area contributed by atoms with Crippen molar-refractivity contribution in [2.24, 2.45) is 0 Å². The maximum Gasteiger partial charge on any atom is 0.269 e. The Hall–Kier alpha value is -3.15. The maximum atomic E-state index is 11.4. The van der Waals surface area contributed by atoms with Crippen LogP contribution in [0.1, 0.15) is 17.2 Å². The SMILES string of the molecule is COc1ccc2c(c1)C=C(C=O)[C@@H](c1ccc([N+](=O)[O-])cc1)O2. The lowest BCUT2D eigenvalue weighted by Gasteiger charge is -2.25. The molecule has 2 aromatic carbocycles. The number of benzene rings is 2. The third kappa shape index (κ3) is 2.78. The highest BCUT2D eigenvalue weighted by Gasteiger charge is 2.25. The van der Waals surface area contributed by atoms with E-state index in [1.807, 2.05) is 0 Å². The van der Waals surface area contributed by atoms with Crippen molar-refractivity contribution < 1.29 is 19.2 Å². The molecule has 0 saturated carbocycles. The molecule has 3 rings (SSSR count). The van der Waals surface area contributed by atoms with Gasteiger partial charge >= 0.3 is 0 Å². The first-order chi connectivity index (χ1) is 11.1. The molecule has 1 aliphatic rings. The number of carbonyl (C=O) groups excluding carboxylic acids is 1. The number of nitro groups is 1. The topological polar surface area (TPSA) is 78.7 Å². The van der Waals surface area contributed by atoms with Crippen LogP contribution in [0.25, 0.3) is 6.08 Å². The van der Waals surface area contributed by atoms with E-state index < -0.39 is 11.0 Å². The standard InChI is InChI=1S/C17H13NO5/c1-22-15-6-7-16-12(9-15)8-13(10-19)17(23-16)11-2-4-14(5-3-11)18(20)21/h2-10,17H,1H3/t17-/m1/s1. The highest BCUT2D eigenvalue weighted by molar-refractivity contribution is 5.86. The highest BCUT2D eigenvalue weighted by atomic mass is 16.6. The first kappa shape index (κ1) is 14.8. The van der Waals surface area contributed by atoms with Gasteiger partial charge in [-0.05, 0) is 42.0 Å². The quantitative estimate of drug-likeness (QED) is 0.491. The zero-order valence-electron chi connectivity index (χ0n) is 12.3. The minimum absolute atomic E-state index is 0.00803. The summed E-state index contributed by atoms with van der Waals surface area (Å²) in [7, 11) is 1.56. The number of ether oxygens (including phenoxy) is 2. The van der Waals surface area contributed by atoms with Crippen LogP contribution in [0.3, 0.4) is 0 Å². The molecule has 0 bridgehead atoms. The van der Waals surface area contributed by atoms with E-state index in [1.54, 1.807) is 43.5 Å². The van der Waals surface area contributed by atoms with Crippen LogP contribution in [0.5, 0.6) is 11.5 Å². The van der Waals surface area contributed by atoms with Gasteiger partial charge in [-0.15, -0.1) is 0 Å². The van der Waals surface area contributed by atoms with Crippen molar-refractivity contribution in [3.05, 3.63) is 69.3 Å². The highest BCUT2D eigenvalue weighted by Crippen LogP contribution is 2.38. The largest absolute Gasteiger partial charge is 0.497 e. The molecule has 0 amide bonds. The molecule has 0 spiro atoms. The fraction of sp³-hybridized carbons (Fsp3) is 0.118. The van der Waals surface area contributed by atoms with Crippen molar-refractivity contribution in [3.8, 4) is 11.5 Å². The van der Waals surface area contributed by atoms with Crippen molar-refractivity contribution >= 4 is 18.0 Å². The molecule has 23 heavy (non-hydrogen) atoms. The molecule has 0 radical (unpaired) electrons. The molecule has 0 N–H and O–H groups in total. The Morgan fingerprint density at radius 1 is 1.22 bits per heavy atom. The summed E-state index contributed by atoms with van der Waals surface area (Å²) in [5.41, 5.74) is 1.87. The van der Waals surface area contributed by atoms with Crippen LogP contribution >= 0.6 is 0 Å². The van der Waals surface area contributed by atoms with Gasteiger partial charge in [-0.1, -0.05) is 0 Å². The molecular weight excluding hydrogens is 298 g/mol. The third-order valence-corrected chi connectivity index (χ3v) is 3.63. The van der Waals surface area contributed by atoms with E-state index in [0.29, 0.717) is 22.6 Å². The first-order valence-corrected chi connectivity index (χ1v) is 6.88. The summed E-state index contributed by atoms with van der Waals surface area (Å²) in [6, 6.07) is 11.3. The monoisotopic (exact) mass is 311 g/mol. The molecule has 0 fully saturated rings. The fourth-order valence-electron chi connectivity index (χ4n) is 2.45. The Labute approximate surface area is 132 Å². The molecule has 1 atom stereocenters. The second kappa shape index (κ2) is 5.92. The number of hydrogen-bond donors (Lipinski definition) is 0. The lowest BCUT2D eigenvalue weighted by atomic mass is 9.97. The van der Waals surface area contributed by atoms with Crippen LogP contribution in [0.4, 0.5) is 5.69 Å². The predicted molar refractivity (Wildman–Crippen MR) is 83.5 cm³/mol. The van der Waals surface area contributed by atoms with E-state index in [2.05, 4.69) is 0 Å². The Bertz CT molecular complexity index is 795. The van der Waals surface area contributed by atoms with Gasteiger partial charge in [0.25, 0.3) is 5.69 Å². The number of methoxy groups -OCH3 is 1. The van der Waals surface area contributed by atoms with Gasteiger partial charge in [0.05, 0.1) is 12.0 Å². The van der Waals surface area contributed by atoms with Gasteiger partial charge in [0, 0.05) is 23.3 Å². The van der Waals surface area contributed by atoms with Crippen LogP contribution in [-0.4, -0.2) is 18.3 Å². The molecule has 0 aliphatic carbocycles. The fourth-order valence-corrected chi connectivity index (χ4v) is 2.45. The number of non-ortho nitro benzene ring substituents is 1. The normalized spacial score (nSPS) is 15.9. The minimum atomic E-state index is -0.589. The van der Waals surface area contributed by atoms with Crippen molar-refractivity contribution in [3.63, 3.8) is 0 Å². The van der Waals surface area contributed by atoms with Gasteiger partial charge in [0.1, 0.15) is 17.8 Å². The third-order valence-electron chi connectivity index (χ3n) is 3.63. The molecule has 0 unspecified atom stereocenters. The summed E-state index contributed by atoms with van der Waals surface area (Å²) < 4.78 is 11.1. The molecule has 2 aromatic rings. The summed E-state index contributed by atoms with van der Waals surface area (Å²) in [5.74, 6) is 1.29. The predicted octanol–water partition coefficient (Wildman–Crippen LogP) is 3.32. The summed E-state index contributed by atoms with van der Waals surface area (Å²) in [6.07, 6.45) is 1.88. The lowest BCUT2D eigenvalue weighted by Crippen LogP contribution is -2.15. The van der Waals surface area contributed by atoms with E-state index in [4.69, 9.17) is 9.47 Å². The van der Waals surface area contributed by atoms with E-state index in [-0.39, 0.29) is 5.69 Å². The maximum absolute atomic E-state index is 11.4. The zero-order valence-corrected chi connectivity index (χ0v) is 12.3. The molecule has 116 valence electrons. The van der Waals surface area contributed by atoms with Crippen LogP contribution in [0.15, 0.2) is 48.0 Å². The van der Waals surface area contributed by atoms with E-state index >= 15 is 0 Å². The summed E-state index contributed by atoms with van der Waals surface area (Å²) >= 11 is 0. The van der Waals surface area contributed by atoms with Crippen LogP contribution < -0.4 is 9.47 Å². The molecule has 1 aliphatic heterocycles. The number of hydrogen-bond acceptors (Lipinski definition) is 5. The number of nitrogens with zero attached hydrogens (tertiary/aromatic N) is 1. The van der Waals surface area contributed by atoms with Crippen LogP contribution in [0.2, 0.25) is 0 Å². The van der Waals surface area contributed by atoms with Gasteiger partial charge in [-0.3, -0.25) is 14.9 Å². The van der Waals surface area contributed by atoms with E-state index in [0.717, 1.165) is 11.8 Å². The van der Waals surface area contributed by atoms with Crippen LogP contribution in [-0.2, 0) is 4.79 Å². The number of rotatable bonds is 4. The molecule has 6 nitrogen and oxygen atoms in total. The number of nitro benzene ring substituents is 1. The van der Waals surface area contributed by atoms with Crippen molar-refractivity contribution in [1.29, 1.82) is 0 Å². The summed E-state index contributed by atoms with van der Waals surface area (Å²) in [4.78, 5) is 21.7. The molecular formula is C17H13NO5. The van der Waals surface area contributed by atoms with Gasteiger partial charge in [0.15, 0.2) is 6.10 Å². The van der Waals surface area contributed by atoms with Gasteiger partial charge in [-0.25, -0.2) is 0 Å². The van der Waals surface area contributed by atoms with Crippen LogP contribution in [0, 0.1) is 10.1 Å².